The summed E-state index contributed by atoms with van der Waals surface area (Å²) >= 11 is 0. The molecule has 0 aliphatic rings. The van der Waals surface area contributed by atoms with E-state index in [1.165, 1.54) is 0 Å². The molecule has 0 atom stereocenters. The van der Waals surface area contributed by atoms with Crippen LogP contribution >= 0.6 is 0 Å². The third-order valence-corrected chi connectivity index (χ3v) is 2.31. The Labute approximate surface area is 99.3 Å². The topological polar surface area (TPSA) is 71.2 Å². The summed E-state index contributed by atoms with van der Waals surface area (Å²) in [6.45, 7) is 3.46. The molecule has 0 aliphatic carbocycles. The van der Waals surface area contributed by atoms with Crippen LogP contribution in [0.4, 0.5) is 0 Å². The molecule has 0 radical (unpaired) electrons. The molecule has 17 heavy (non-hydrogen) atoms. The smallest absolute Gasteiger partial charge is 0.117 e. The van der Waals surface area contributed by atoms with Crippen LogP contribution in [0.1, 0.15) is 19.5 Å². The van der Waals surface area contributed by atoms with Gasteiger partial charge in [0.05, 0.1) is 23.2 Å². The van der Waals surface area contributed by atoms with Gasteiger partial charge in [-0.25, -0.2) is 4.68 Å². The number of benzene rings is 1. The Hall–Kier alpha value is -1.88. The molecule has 0 saturated carbocycles. The van der Waals surface area contributed by atoms with Crippen molar-refractivity contribution in [3.63, 3.8) is 0 Å². The van der Waals surface area contributed by atoms with Gasteiger partial charge in [-0.05, 0) is 26.0 Å². The second kappa shape index (κ2) is 4.18. The van der Waals surface area contributed by atoms with Crippen LogP contribution in [0, 0.1) is 0 Å². The van der Waals surface area contributed by atoms with Crippen molar-refractivity contribution in [1.82, 2.24) is 15.0 Å². The average Bonchev–Trinajstić information content (AvgIpc) is 2.63. The summed E-state index contributed by atoms with van der Waals surface area (Å²) in [5.41, 5.74) is 0.695. The monoisotopic (exact) mass is 233 g/mol. The molecule has 0 amide bonds. The Morgan fingerprint density at radius 1 is 1.35 bits per heavy atom. The van der Waals surface area contributed by atoms with Gasteiger partial charge < -0.3 is 10.2 Å². The highest BCUT2D eigenvalue weighted by molar-refractivity contribution is 5.38. The summed E-state index contributed by atoms with van der Waals surface area (Å²) in [4.78, 5) is 0. The van der Waals surface area contributed by atoms with Gasteiger partial charge in [0.15, 0.2) is 0 Å². The number of hydrogen-bond donors (Lipinski definition) is 2. The van der Waals surface area contributed by atoms with Crippen molar-refractivity contribution < 1.29 is 10.2 Å². The number of phenolic OH excluding ortho intramolecular Hbond substituents is 1. The predicted molar refractivity (Wildman–Crippen MR) is 63.0 cm³/mol. The number of rotatable bonds is 3. The summed E-state index contributed by atoms with van der Waals surface area (Å²) < 4.78 is 1.61. The highest BCUT2D eigenvalue weighted by atomic mass is 16.3. The number of phenols is 1. The van der Waals surface area contributed by atoms with Crippen LogP contribution in [-0.4, -0.2) is 30.8 Å². The van der Waals surface area contributed by atoms with E-state index in [0.717, 1.165) is 11.4 Å². The second-order valence-electron chi connectivity index (χ2n) is 4.65. The average molecular weight is 233 g/mol. The number of nitrogens with zero attached hydrogens (tertiary/aromatic N) is 3. The van der Waals surface area contributed by atoms with Crippen LogP contribution in [0.25, 0.3) is 5.69 Å². The van der Waals surface area contributed by atoms with Gasteiger partial charge in [-0.2, -0.15) is 0 Å². The fourth-order valence-corrected chi connectivity index (χ4v) is 1.66. The molecule has 0 unspecified atom stereocenters. The van der Waals surface area contributed by atoms with E-state index in [1.54, 1.807) is 42.9 Å². The molecule has 0 aliphatic heterocycles. The first-order chi connectivity index (χ1) is 7.96. The minimum atomic E-state index is -0.823. The van der Waals surface area contributed by atoms with Crippen molar-refractivity contribution in [1.29, 1.82) is 0 Å². The summed E-state index contributed by atoms with van der Waals surface area (Å²) in [6.07, 6.45) is 2.05. The van der Waals surface area contributed by atoms with Gasteiger partial charge in [-0.3, -0.25) is 0 Å². The van der Waals surface area contributed by atoms with Gasteiger partial charge >= 0.3 is 0 Å². The van der Waals surface area contributed by atoms with E-state index in [4.69, 9.17) is 0 Å². The molecule has 1 aromatic carbocycles. The molecule has 2 rings (SSSR count). The number of hydrogen-bond acceptors (Lipinski definition) is 4. The van der Waals surface area contributed by atoms with Crippen molar-refractivity contribution in [3.8, 4) is 11.4 Å². The van der Waals surface area contributed by atoms with Crippen molar-refractivity contribution in [3.05, 3.63) is 36.2 Å². The summed E-state index contributed by atoms with van der Waals surface area (Å²) in [7, 11) is 0. The lowest BCUT2D eigenvalue weighted by molar-refractivity contribution is 0.0793. The van der Waals surface area contributed by atoms with Gasteiger partial charge in [-0.1, -0.05) is 11.3 Å². The van der Waals surface area contributed by atoms with Crippen LogP contribution in [0.5, 0.6) is 5.75 Å². The van der Waals surface area contributed by atoms with E-state index in [-0.39, 0.29) is 5.75 Å². The zero-order valence-corrected chi connectivity index (χ0v) is 9.83. The van der Waals surface area contributed by atoms with Crippen molar-refractivity contribution >= 4 is 0 Å². The van der Waals surface area contributed by atoms with E-state index in [0.29, 0.717) is 6.42 Å². The lowest BCUT2D eigenvalue weighted by Crippen LogP contribution is -2.23. The Bertz CT molecular complexity index is 514. The van der Waals surface area contributed by atoms with Crippen molar-refractivity contribution in [2.45, 2.75) is 25.9 Å². The molecule has 2 aromatic rings. The zero-order chi connectivity index (χ0) is 12.5. The van der Waals surface area contributed by atoms with E-state index >= 15 is 0 Å². The van der Waals surface area contributed by atoms with Crippen molar-refractivity contribution in [2.24, 2.45) is 0 Å². The molecule has 5 heteroatoms. The highest BCUT2D eigenvalue weighted by Gasteiger charge is 2.17. The lowest BCUT2D eigenvalue weighted by atomic mass is 10.0. The minimum Gasteiger partial charge on any atom is -0.508 e. The highest BCUT2D eigenvalue weighted by Crippen LogP contribution is 2.18. The largest absolute Gasteiger partial charge is 0.508 e. The lowest BCUT2D eigenvalue weighted by Gasteiger charge is -2.17. The fraction of sp³-hybridized carbons (Fsp3) is 0.333. The number of aliphatic hydroxyl groups is 1. The van der Waals surface area contributed by atoms with Crippen LogP contribution < -0.4 is 0 Å². The van der Waals surface area contributed by atoms with E-state index in [9.17, 15) is 10.2 Å². The second-order valence-corrected chi connectivity index (χ2v) is 4.65. The molecule has 0 saturated heterocycles. The maximum absolute atomic E-state index is 9.80. The SMILES string of the molecule is CC(C)(O)Cc1cnnn1-c1cccc(O)c1. The first kappa shape index (κ1) is 11.6. The predicted octanol–water partition coefficient (Wildman–Crippen LogP) is 1.29. The molecule has 1 heterocycles. The molecule has 0 spiro atoms. The molecular weight excluding hydrogens is 218 g/mol. The van der Waals surface area contributed by atoms with Crippen LogP contribution in [0.2, 0.25) is 0 Å². The molecule has 5 nitrogen and oxygen atoms in total. The number of aromatic hydroxyl groups is 1. The summed E-state index contributed by atoms with van der Waals surface area (Å²) in [5, 5.41) is 27.0. The first-order valence-corrected chi connectivity index (χ1v) is 5.37. The first-order valence-electron chi connectivity index (χ1n) is 5.37. The maximum atomic E-state index is 9.80. The Kier molecular flexibility index (Phi) is 2.85. The van der Waals surface area contributed by atoms with Crippen LogP contribution in [0.3, 0.4) is 0 Å². The van der Waals surface area contributed by atoms with Gasteiger partial charge in [-0.15, -0.1) is 5.10 Å². The molecule has 2 N–H and O–H groups in total. The maximum Gasteiger partial charge on any atom is 0.117 e. The van der Waals surface area contributed by atoms with Crippen LogP contribution in [-0.2, 0) is 6.42 Å². The van der Waals surface area contributed by atoms with Crippen LogP contribution in [0.15, 0.2) is 30.5 Å². The third-order valence-electron chi connectivity index (χ3n) is 2.31. The molecule has 90 valence electrons. The van der Waals surface area contributed by atoms with E-state index in [1.807, 2.05) is 6.07 Å². The molecule has 1 aromatic heterocycles. The zero-order valence-electron chi connectivity index (χ0n) is 9.83. The number of aromatic nitrogens is 3. The minimum absolute atomic E-state index is 0.173. The Morgan fingerprint density at radius 3 is 2.76 bits per heavy atom. The Morgan fingerprint density at radius 2 is 2.12 bits per heavy atom. The van der Waals surface area contributed by atoms with Gasteiger partial charge in [0, 0.05) is 12.5 Å². The molecular formula is C12H15N3O2. The summed E-state index contributed by atoms with van der Waals surface area (Å²) in [5.74, 6) is 0.173. The third kappa shape index (κ3) is 2.82. The van der Waals surface area contributed by atoms with Gasteiger partial charge in [0.25, 0.3) is 0 Å². The fourth-order valence-electron chi connectivity index (χ4n) is 1.66. The quantitative estimate of drug-likeness (QED) is 0.838. The molecule has 0 fully saturated rings. The normalized spacial score (nSPS) is 11.7. The standard InChI is InChI=1S/C12H15N3O2/c1-12(2,17)7-10-8-13-14-15(10)9-4-3-5-11(16)6-9/h3-6,8,16-17H,7H2,1-2H3. The van der Waals surface area contributed by atoms with Gasteiger partial charge in [0.2, 0.25) is 0 Å². The molecule has 0 bridgehead atoms. The Balaban J connectivity index is 2.37. The summed E-state index contributed by atoms with van der Waals surface area (Å²) in [6, 6.07) is 6.75. The van der Waals surface area contributed by atoms with E-state index < -0.39 is 5.60 Å². The van der Waals surface area contributed by atoms with E-state index in [2.05, 4.69) is 10.3 Å². The van der Waals surface area contributed by atoms with Crippen molar-refractivity contribution in [2.75, 3.05) is 0 Å². The van der Waals surface area contributed by atoms with Gasteiger partial charge in [0.1, 0.15) is 5.75 Å².